The van der Waals surface area contributed by atoms with E-state index in [2.05, 4.69) is 15.9 Å². The first kappa shape index (κ1) is 12.3. The molecule has 1 atom stereocenters. The Labute approximate surface area is 96.8 Å². The van der Waals surface area contributed by atoms with Crippen molar-refractivity contribution in [3.63, 3.8) is 0 Å². The molecule has 2 nitrogen and oxygen atoms in total. The van der Waals surface area contributed by atoms with E-state index in [1.54, 1.807) is 13.0 Å². The van der Waals surface area contributed by atoms with Crippen LogP contribution in [-0.4, -0.2) is 12.3 Å². The minimum absolute atomic E-state index is 0.0313. The summed E-state index contributed by atoms with van der Waals surface area (Å²) in [6.07, 6.45) is 0.219. The molecule has 0 radical (unpaired) electrons. The monoisotopic (exact) mass is 273 g/mol. The van der Waals surface area contributed by atoms with E-state index in [1.807, 2.05) is 0 Å². The number of carbonyl (C=O) groups is 1. The van der Waals surface area contributed by atoms with Gasteiger partial charge in [0.05, 0.1) is 0 Å². The first-order valence-corrected chi connectivity index (χ1v) is 5.50. The predicted octanol–water partition coefficient (Wildman–Crippen LogP) is 2.29. The summed E-state index contributed by atoms with van der Waals surface area (Å²) in [6.45, 7) is 2.10. The number of benzene rings is 1. The molecule has 1 aromatic rings. The van der Waals surface area contributed by atoms with Crippen molar-refractivity contribution in [1.82, 2.24) is 0 Å². The summed E-state index contributed by atoms with van der Waals surface area (Å²) in [6, 6.07) is 4.32. The van der Waals surface area contributed by atoms with Gasteiger partial charge in [0, 0.05) is 23.4 Å². The lowest BCUT2D eigenvalue weighted by Gasteiger charge is -2.08. The summed E-state index contributed by atoms with van der Waals surface area (Å²) in [5.74, 6) is -0.481. The van der Waals surface area contributed by atoms with E-state index < -0.39 is 0 Å². The second-order valence-corrected chi connectivity index (χ2v) is 4.37. The van der Waals surface area contributed by atoms with Crippen LogP contribution in [-0.2, 0) is 11.2 Å². The molecule has 0 saturated carbocycles. The molecule has 0 spiro atoms. The van der Waals surface area contributed by atoms with Crippen LogP contribution in [0.3, 0.4) is 0 Å². The standard InChI is InChI=1S/C11H13BrFNO/c1-7(6-14)11(15)5-8-4-9(13)2-3-10(8)12/h2-4,7H,5-6,14H2,1H3. The third-order valence-electron chi connectivity index (χ3n) is 2.28. The van der Waals surface area contributed by atoms with Crippen molar-refractivity contribution in [3.8, 4) is 0 Å². The molecule has 0 aliphatic heterocycles. The largest absolute Gasteiger partial charge is 0.330 e. The van der Waals surface area contributed by atoms with Crippen LogP contribution in [0.15, 0.2) is 22.7 Å². The van der Waals surface area contributed by atoms with Gasteiger partial charge >= 0.3 is 0 Å². The molecule has 0 aliphatic carbocycles. The first-order valence-electron chi connectivity index (χ1n) is 4.71. The molecule has 0 fully saturated rings. The lowest BCUT2D eigenvalue weighted by Crippen LogP contribution is -2.22. The van der Waals surface area contributed by atoms with Crippen LogP contribution in [0.25, 0.3) is 0 Å². The molecule has 0 amide bonds. The smallest absolute Gasteiger partial charge is 0.141 e. The highest BCUT2D eigenvalue weighted by atomic mass is 79.9. The van der Waals surface area contributed by atoms with Gasteiger partial charge in [-0.1, -0.05) is 22.9 Å². The van der Waals surface area contributed by atoms with E-state index in [0.29, 0.717) is 12.1 Å². The molecule has 1 rings (SSSR count). The van der Waals surface area contributed by atoms with Crippen molar-refractivity contribution in [2.75, 3.05) is 6.54 Å². The molecular weight excluding hydrogens is 261 g/mol. The predicted molar refractivity (Wildman–Crippen MR) is 61.0 cm³/mol. The molecule has 0 aliphatic rings. The zero-order chi connectivity index (χ0) is 11.4. The number of Topliss-reactive ketones (excluding diaryl/α,β-unsaturated/α-hetero) is 1. The first-order chi connectivity index (χ1) is 7.04. The van der Waals surface area contributed by atoms with E-state index in [4.69, 9.17) is 5.73 Å². The zero-order valence-electron chi connectivity index (χ0n) is 8.47. The van der Waals surface area contributed by atoms with Gasteiger partial charge in [0.1, 0.15) is 11.6 Å². The molecule has 15 heavy (non-hydrogen) atoms. The topological polar surface area (TPSA) is 43.1 Å². The van der Waals surface area contributed by atoms with Crippen molar-refractivity contribution < 1.29 is 9.18 Å². The summed E-state index contributed by atoms with van der Waals surface area (Å²) < 4.78 is 13.7. The lowest BCUT2D eigenvalue weighted by atomic mass is 10.00. The van der Waals surface area contributed by atoms with Crippen molar-refractivity contribution in [2.45, 2.75) is 13.3 Å². The number of halogens is 2. The van der Waals surface area contributed by atoms with E-state index in [9.17, 15) is 9.18 Å². The minimum Gasteiger partial charge on any atom is -0.330 e. The van der Waals surface area contributed by atoms with Crippen molar-refractivity contribution in [1.29, 1.82) is 0 Å². The second kappa shape index (κ2) is 5.37. The third-order valence-corrected chi connectivity index (χ3v) is 3.05. The molecule has 0 saturated heterocycles. The van der Waals surface area contributed by atoms with E-state index in [1.165, 1.54) is 12.1 Å². The van der Waals surface area contributed by atoms with Gasteiger partial charge in [0.25, 0.3) is 0 Å². The van der Waals surface area contributed by atoms with Gasteiger partial charge in [0.15, 0.2) is 0 Å². The molecule has 2 N–H and O–H groups in total. The molecule has 1 unspecified atom stereocenters. The quantitative estimate of drug-likeness (QED) is 0.915. The Kier molecular flexibility index (Phi) is 4.42. The Bertz CT molecular complexity index is 368. The summed E-state index contributed by atoms with van der Waals surface area (Å²) in [4.78, 5) is 11.6. The average Bonchev–Trinajstić information content (AvgIpc) is 2.22. The van der Waals surface area contributed by atoms with E-state index >= 15 is 0 Å². The van der Waals surface area contributed by atoms with E-state index in [0.717, 1.165) is 4.47 Å². The Morgan fingerprint density at radius 3 is 2.87 bits per heavy atom. The Balaban J connectivity index is 2.80. The zero-order valence-corrected chi connectivity index (χ0v) is 10.1. The van der Waals surface area contributed by atoms with E-state index in [-0.39, 0.29) is 23.9 Å². The van der Waals surface area contributed by atoms with Gasteiger partial charge in [-0.15, -0.1) is 0 Å². The molecule has 1 aromatic carbocycles. The number of hydrogen-bond acceptors (Lipinski definition) is 2. The van der Waals surface area contributed by atoms with Crippen LogP contribution in [0, 0.1) is 11.7 Å². The highest BCUT2D eigenvalue weighted by molar-refractivity contribution is 9.10. The minimum atomic E-state index is -0.332. The fourth-order valence-corrected chi connectivity index (χ4v) is 1.56. The van der Waals surface area contributed by atoms with Crippen LogP contribution in [0.1, 0.15) is 12.5 Å². The van der Waals surface area contributed by atoms with Gasteiger partial charge in [-0.05, 0) is 23.8 Å². The summed E-state index contributed by atoms with van der Waals surface area (Å²) in [5.41, 5.74) is 6.05. The fourth-order valence-electron chi connectivity index (χ4n) is 1.17. The van der Waals surface area contributed by atoms with Crippen LogP contribution in [0.2, 0.25) is 0 Å². The maximum absolute atomic E-state index is 12.9. The second-order valence-electron chi connectivity index (χ2n) is 3.52. The van der Waals surface area contributed by atoms with Crippen LogP contribution in [0.4, 0.5) is 4.39 Å². The molecule has 0 aromatic heterocycles. The van der Waals surface area contributed by atoms with Crippen molar-refractivity contribution >= 4 is 21.7 Å². The van der Waals surface area contributed by atoms with Gasteiger partial charge in [-0.25, -0.2) is 4.39 Å². The van der Waals surface area contributed by atoms with Crippen LogP contribution >= 0.6 is 15.9 Å². The van der Waals surface area contributed by atoms with Gasteiger partial charge in [-0.2, -0.15) is 0 Å². The average molecular weight is 274 g/mol. The molecule has 82 valence electrons. The van der Waals surface area contributed by atoms with Gasteiger partial charge < -0.3 is 5.73 Å². The van der Waals surface area contributed by atoms with Gasteiger partial charge in [0.2, 0.25) is 0 Å². The molecule has 0 bridgehead atoms. The summed E-state index contributed by atoms with van der Waals surface area (Å²) >= 11 is 3.28. The third kappa shape index (κ3) is 3.39. The highest BCUT2D eigenvalue weighted by Gasteiger charge is 2.13. The molecule has 0 heterocycles. The number of carbonyl (C=O) groups excluding carboxylic acids is 1. The van der Waals surface area contributed by atoms with Crippen molar-refractivity contribution in [2.24, 2.45) is 11.7 Å². The number of rotatable bonds is 4. The maximum Gasteiger partial charge on any atom is 0.141 e. The fraction of sp³-hybridized carbons (Fsp3) is 0.364. The molecular formula is C11H13BrFNO. The number of hydrogen-bond donors (Lipinski definition) is 1. The number of nitrogens with two attached hydrogens (primary N) is 1. The maximum atomic E-state index is 12.9. The lowest BCUT2D eigenvalue weighted by molar-refractivity contribution is -0.121. The van der Waals surface area contributed by atoms with Crippen LogP contribution < -0.4 is 5.73 Å². The van der Waals surface area contributed by atoms with Crippen LogP contribution in [0.5, 0.6) is 0 Å². The Hall–Kier alpha value is -0.740. The highest BCUT2D eigenvalue weighted by Crippen LogP contribution is 2.19. The SMILES string of the molecule is CC(CN)C(=O)Cc1cc(F)ccc1Br. The number of ketones is 1. The Morgan fingerprint density at radius 1 is 1.60 bits per heavy atom. The summed E-state index contributed by atoms with van der Waals surface area (Å²) in [7, 11) is 0. The summed E-state index contributed by atoms with van der Waals surface area (Å²) in [5, 5.41) is 0. The normalized spacial score (nSPS) is 12.5. The molecule has 4 heteroatoms. The van der Waals surface area contributed by atoms with Gasteiger partial charge in [-0.3, -0.25) is 4.79 Å². The Morgan fingerprint density at radius 2 is 2.27 bits per heavy atom. The van der Waals surface area contributed by atoms with Crippen molar-refractivity contribution in [3.05, 3.63) is 34.1 Å².